The maximum atomic E-state index is 5.85. The molecule has 0 bridgehead atoms. The molecule has 0 amide bonds. The molecular weight excluding hydrogens is 300 g/mol. The van der Waals surface area contributed by atoms with Crippen LogP contribution in [0.15, 0.2) is 4.99 Å². The van der Waals surface area contributed by atoms with Crippen LogP contribution in [0.2, 0.25) is 0 Å². The molecule has 1 N–H and O–H groups in total. The first kappa shape index (κ1) is 19.5. The Bertz CT molecular complexity index is 380. The molecule has 5 heteroatoms. The van der Waals surface area contributed by atoms with Gasteiger partial charge in [-0.25, -0.2) is 0 Å². The van der Waals surface area contributed by atoms with Crippen molar-refractivity contribution in [3.05, 3.63) is 0 Å². The molecule has 0 saturated carbocycles. The number of rotatable bonds is 8. The van der Waals surface area contributed by atoms with Crippen molar-refractivity contribution >= 4 is 5.96 Å². The van der Waals surface area contributed by atoms with Gasteiger partial charge in [-0.3, -0.25) is 9.89 Å². The fourth-order valence-corrected chi connectivity index (χ4v) is 3.89. The van der Waals surface area contributed by atoms with Gasteiger partial charge >= 0.3 is 0 Å². The van der Waals surface area contributed by atoms with E-state index in [0.29, 0.717) is 12.0 Å². The minimum Gasteiger partial charge on any atom is -0.378 e. The van der Waals surface area contributed by atoms with E-state index >= 15 is 0 Å². The van der Waals surface area contributed by atoms with Gasteiger partial charge in [0.2, 0.25) is 0 Å². The SMILES string of the molecule is CCNC(=NCCC(OCC)C(C)C)N1CCC(N2CCCC2)C1. The predicted octanol–water partition coefficient (Wildman–Crippen LogP) is 2.57. The van der Waals surface area contributed by atoms with E-state index in [1.165, 1.54) is 32.4 Å². The van der Waals surface area contributed by atoms with Crippen molar-refractivity contribution in [3.63, 3.8) is 0 Å². The van der Waals surface area contributed by atoms with Crippen molar-refractivity contribution in [1.82, 2.24) is 15.1 Å². The second kappa shape index (κ2) is 10.2. The zero-order valence-electron chi connectivity index (χ0n) is 16.3. The number of hydrogen-bond donors (Lipinski definition) is 1. The molecule has 2 fully saturated rings. The molecule has 2 rings (SSSR count). The highest BCUT2D eigenvalue weighted by Crippen LogP contribution is 2.20. The summed E-state index contributed by atoms with van der Waals surface area (Å²) in [7, 11) is 0. The van der Waals surface area contributed by atoms with E-state index in [9.17, 15) is 0 Å². The smallest absolute Gasteiger partial charge is 0.193 e. The molecule has 2 aliphatic rings. The van der Waals surface area contributed by atoms with E-state index in [2.05, 4.69) is 42.8 Å². The normalized spacial score (nSPS) is 24.1. The average Bonchev–Trinajstić information content (AvgIpc) is 3.23. The summed E-state index contributed by atoms with van der Waals surface area (Å²) in [6.07, 6.45) is 5.34. The van der Waals surface area contributed by atoms with E-state index in [-0.39, 0.29) is 0 Å². The number of nitrogens with one attached hydrogen (secondary N) is 1. The third-order valence-corrected chi connectivity index (χ3v) is 5.25. The zero-order chi connectivity index (χ0) is 17.4. The van der Waals surface area contributed by atoms with Crippen LogP contribution in [0, 0.1) is 5.92 Å². The largest absolute Gasteiger partial charge is 0.378 e. The minimum absolute atomic E-state index is 0.317. The van der Waals surface area contributed by atoms with Gasteiger partial charge in [-0.2, -0.15) is 0 Å². The Labute approximate surface area is 148 Å². The number of aliphatic imine (C=N–C) groups is 1. The molecule has 0 aliphatic carbocycles. The Morgan fingerprint density at radius 3 is 2.58 bits per heavy atom. The minimum atomic E-state index is 0.317. The lowest BCUT2D eigenvalue weighted by molar-refractivity contribution is 0.0266. The van der Waals surface area contributed by atoms with Crippen molar-refractivity contribution in [2.45, 2.75) is 65.5 Å². The number of ether oxygens (including phenoxy) is 1. The Balaban J connectivity index is 1.86. The highest BCUT2D eigenvalue weighted by molar-refractivity contribution is 5.80. The van der Waals surface area contributed by atoms with E-state index in [0.717, 1.165) is 51.2 Å². The van der Waals surface area contributed by atoms with Gasteiger partial charge in [0.05, 0.1) is 6.10 Å². The van der Waals surface area contributed by atoms with Crippen LogP contribution in [0.1, 0.15) is 53.4 Å². The van der Waals surface area contributed by atoms with Gasteiger partial charge in [0, 0.05) is 38.8 Å². The molecule has 2 saturated heterocycles. The summed E-state index contributed by atoms with van der Waals surface area (Å²) in [6, 6.07) is 0.725. The predicted molar refractivity (Wildman–Crippen MR) is 102 cm³/mol. The van der Waals surface area contributed by atoms with E-state index in [1.807, 2.05) is 0 Å². The third-order valence-electron chi connectivity index (χ3n) is 5.25. The van der Waals surface area contributed by atoms with Crippen LogP contribution in [-0.4, -0.2) is 73.8 Å². The first-order valence-electron chi connectivity index (χ1n) is 10.0. The molecule has 24 heavy (non-hydrogen) atoms. The summed E-state index contributed by atoms with van der Waals surface area (Å²) < 4.78 is 5.85. The monoisotopic (exact) mass is 338 g/mol. The molecule has 2 heterocycles. The van der Waals surface area contributed by atoms with E-state index < -0.39 is 0 Å². The number of nitrogens with zero attached hydrogens (tertiary/aromatic N) is 3. The van der Waals surface area contributed by atoms with Crippen molar-refractivity contribution in [1.29, 1.82) is 0 Å². The van der Waals surface area contributed by atoms with Crippen molar-refractivity contribution < 1.29 is 4.74 Å². The lowest BCUT2D eigenvalue weighted by atomic mass is 10.0. The van der Waals surface area contributed by atoms with Crippen LogP contribution in [0.4, 0.5) is 0 Å². The maximum Gasteiger partial charge on any atom is 0.193 e. The Hall–Kier alpha value is -0.810. The Kier molecular flexibility index (Phi) is 8.33. The lowest BCUT2D eigenvalue weighted by Crippen LogP contribution is -2.42. The van der Waals surface area contributed by atoms with Crippen LogP contribution in [0.5, 0.6) is 0 Å². The van der Waals surface area contributed by atoms with Gasteiger partial charge in [0.15, 0.2) is 5.96 Å². The molecular formula is C19H38N4O. The highest BCUT2D eigenvalue weighted by atomic mass is 16.5. The Morgan fingerprint density at radius 1 is 1.21 bits per heavy atom. The summed E-state index contributed by atoms with van der Waals surface area (Å²) in [4.78, 5) is 10.0. The summed E-state index contributed by atoms with van der Waals surface area (Å²) in [5, 5.41) is 3.49. The van der Waals surface area contributed by atoms with Crippen LogP contribution in [0.3, 0.4) is 0 Å². The summed E-state index contributed by atoms with van der Waals surface area (Å²) in [5.74, 6) is 1.65. The van der Waals surface area contributed by atoms with E-state index in [1.54, 1.807) is 0 Å². The van der Waals surface area contributed by atoms with Gasteiger partial charge in [0.25, 0.3) is 0 Å². The van der Waals surface area contributed by atoms with Crippen molar-refractivity contribution in [3.8, 4) is 0 Å². The zero-order valence-corrected chi connectivity index (χ0v) is 16.3. The fraction of sp³-hybridized carbons (Fsp3) is 0.947. The van der Waals surface area contributed by atoms with Gasteiger partial charge < -0.3 is 15.0 Å². The topological polar surface area (TPSA) is 40.1 Å². The van der Waals surface area contributed by atoms with Crippen molar-refractivity contribution in [2.24, 2.45) is 10.9 Å². The molecule has 0 radical (unpaired) electrons. The van der Waals surface area contributed by atoms with Gasteiger partial charge in [0.1, 0.15) is 0 Å². The summed E-state index contributed by atoms with van der Waals surface area (Å²) >= 11 is 0. The molecule has 5 nitrogen and oxygen atoms in total. The van der Waals surface area contributed by atoms with Crippen LogP contribution in [0.25, 0.3) is 0 Å². The van der Waals surface area contributed by atoms with Gasteiger partial charge in [-0.15, -0.1) is 0 Å². The first-order valence-corrected chi connectivity index (χ1v) is 10.0. The highest BCUT2D eigenvalue weighted by Gasteiger charge is 2.30. The number of hydrogen-bond acceptors (Lipinski definition) is 3. The molecule has 0 aromatic rings. The van der Waals surface area contributed by atoms with Crippen LogP contribution in [-0.2, 0) is 4.74 Å². The first-order chi connectivity index (χ1) is 11.7. The standard InChI is InChI=1S/C19H38N4O/c1-5-20-19(21-11-9-18(16(3)4)24-6-2)23-14-10-17(15-23)22-12-7-8-13-22/h16-18H,5-15H2,1-4H3,(H,20,21). The molecule has 140 valence electrons. The van der Waals surface area contributed by atoms with Crippen LogP contribution >= 0.6 is 0 Å². The molecule has 2 aliphatic heterocycles. The molecule has 2 atom stereocenters. The summed E-state index contributed by atoms with van der Waals surface area (Å²) in [5.41, 5.74) is 0. The molecule has 2 unspecified atom stereocenters. The van der Waals surface area contributed by atoms with Gasteiger partial charge in [-0.05, 0) is 58.5 Å². The van der Waals surface area contributed by atoms with Crippen LogP contribution < -0.4 is 5.32 Å². The third kappa shape index (κ3) is 5.62. The number of likely N-dealkylation sites (tertiary alicyclic amines) is 2. The fourth-order valence-electron chi connectivity index (χ4n) is 3.89. The lowest BCUT2D eigenvalue weighted by Gasteiger charge is -2.26. The average molecular weight is 339 g/mol. The van der Waals surface area contributed by atoms with Crippen molar-refractivity contribution in [2.75, 3.05) is 45.9 Å². The maximum absolute atomic E-state index is 5.85. The molecule has 0 aromatic carbocycles. The van der Waals surface area contributed by atoms with E-state index in [4.69, 9.17) is 9.73 Å². The second-order valence-electron chi connectivity index (χ2n) is 7.39. The summed E-state index contributed by atoms with van der Waals surface area (Å²) in [6.45, 7) is 16.1. The Morgan fingerprint density at radius 2 is 1.96 bits per heavy atom. The quantitative estimate of drug-likeness (QED) is 0.545. The van der Waals surface area contributed by atoms with Gasteiger partial charge in [-0.1, -0.05) is 13.8 Å². The second-order valence-corrected chi connectivity index (χ2v) is 7.39. The number of guanidine groups is 1. The molecule has 0 aromatic heterocycles. The molecule has 0 spiro atoms.